The molecule has 0 saturated carbocycles. The highest BCUT2D eigenvalue weighted by atomic mass is 79.9. The third-order valence-corrected chi connectivity index (χ3v) is 4.10. The molecule has 0 fully saturated rings. The van der Waals surface area contributed by atoms with Crippen LogP contribution in [0, 0.1) is 0 Å². The van der Waals surface area contributed by atoms with Crippen molar-refractivity contribution < 1.29 is 14.7 Å². The van der Waals surface area contributed by atoms with E-state index in [2.05, 4.69) is 15.9 Å². The fourth-order valence-corrected chi connectivity index (χ4v) is 2.83. The number of benzene rings is 2. The van der Waals surface area contributed by atoms with Gasteiger partial charge in [0.05, 0.1) is 0 Å². The zero-order valence-electron chi connectivity index (χ0n) is 11.0. The standard InChI is InChI=1S/C16H12BrNO3/c17-12-7-5-10(6-8-12)15(19)18-13-4-2-1-3-11(13)9-14(18)16(20)21/h1-8,14H,9H2,(H,20,21). The van der Waals surface area contributed by atoms with E-state index in [1.54, 1.807) is 30.3 Å². The van der Waals surface area contributed by atoms with Crippen LogP contribution in [-0.4, -0.2) is 23.0 Å². The molecule has 1 N–H and O–H groups in total. The summed E-state index contributed by atoms with van der Waals surface area (Å²) in [4.78, 5) is 25.5. The van der Waals surface area contributed by atoms with E-state index in [4.69, 9.17) is 0 Å². The van der Waals surface area contributed by atoms with Crippen molar-refractivity contribution in [2.45, 2.75) is 12.5 Å². The number of fused-ring (bicyclic) bond motifs is 1. The van der Waals surface area contributed by atoms with Crippen LogP contribution in [0.15, 0.2) is 53.0 Å². The van der Waals surface area contributed by atoms with Crippen molar-refractivity contribution in [2.75, 3.05) is 4.90 Å². The summed E-state index contributed by atoms with van der Waals surface area (Å²) in [7, 11) is 0. The molecule has 2 aromatic rings. The van der Waals surface area contributed by atoms with Crippen LogP contribution in [0.25, 0.3) is 0 Å². The Kier molecular flexibility index (Phi) is 3.51. The molecule has 4 nitrogen and oxygen atoms in total. The highest BCUT2D eigenvalue weighted by Crippen LogP contribution is 2.33. The maximum absolute atomic E-state index is 12.7. The summed E-state index contributed by atoms with van der Waals surface area (Å²) in [5, 5.41) is 9.39. The highest BCUT2D eigenvalue weighted by molar-refractivity contribution is 9.10. The molecular weight excluding hydrogens is 334 g/mol. The van der Waals surface area contributed by atoms with Gasteiger partial charge in [0.1, 0.15) is 6.04 Å². The molecule has 1 aliphatic heterocycles. The minimum Gasteiger partial charge on any atom is -0.480 e. The maximum Gasteiger partial charge on any atom is 0.327 e. The summed E-state index contributed by atoms with van der Waals surface area (Å²) in [5.41, 5.74) is 2.04. The van der Waals surface area contributed by atoms with Gasteiger partial charge in [0.2, 0.25) is 0 Å². The largest absolute Gasteiger partial charge is 0.480 e. The topological polar surface area (TPSA) is 57.6 Å². The zero-order chi connectivity index (χ0) is 15.0. The SMILES string of the molecule is O=C(O)C1Cc2ccccc2N1C(=O)c1ccc(Br)cc1. The number of carbonyl (C=O) groups is 2. The Morgan fingerprint density at radius 3 is 2.43 bits per heavy atom. The van der Waals surface area contributed by atoms with E-state index in [0.717, 1.165) is 10.0 Å². The van der Waals surface area contributed by atoms with Gasteiger partial charge < -0.3 is 5.11 Å². The van der Waals surface area contributed by atoms with Crippen molar-refractivity contribution in [3.05, 3.63) is 64.1 Å². The summed E-state index contributed by atoms with van der Waals surface area (Å²) < 4.78 is 0.871. The van der Waals surface area contributed by atoms with Crippen molar-refractivity contribution in [1.82, 2.24) is 0 Å². The first kappa shape index (κ1) is 13.8. The van der Waals surface area contributed by atoms with Crippen molar-refractivity contribution >= 4 is 33.5 Å². The van der Waals surface area contributed by atoms with Gasteiger partial charge in [-0.25, -0.2) is 4.79 Å². The molecule has 2 aromatic carbocycles. The van der Waals surface area contributed by atoms with E-state index >= 15 is 0 Å². The lowest BCUT2D eigenvalue weighted by atomic mass is 10.1. The van der Waals surface area contributed by atoms with Crippen LogP contribution in [0.5, 0.6) is 0 Å². The van der Waals surface area contributed by atoms with Crippen molar-refractivity contribution in [3.8, 4) is 0 Å². The quantitative estimate of drug-likeness (QED) is 0.909. The number of amides is 1. The Morgan fingerprint density at radius 2 is 1.76 bits per heavy atom. The Bertz CT molecular complexity index is 712. The summed E-state index contributed by atoms with van der Waals surface area (Å²) in [6.07, 6.45) is 0.341. The van der Waals surface area contributed by atoms with Crippen LogP contribution >= 0.6 is 15.9 Å². The average molecular weight is 346 g/mol. The zero-order valence-corrected chi connectivity index (χ0v) is 12.6. The number of anilines is 1. The molecule has 1 amide bonds. The minimum atomic E-state index is -0.989. The number of carboxylic acids is 1. The molecule has 1 aliphatic rings. The van der Waals surface area contributed by atoms with Crippen LogP contribution in [0.3, 0.4) is 0 Å². The van der Waals surface area contributed by atoms with E-state index in [0.29, 0.717) is 17.7 Å². The molecule has 0 saturated heterocycles. The van der Waals surface area contributed by atoms with E-state index in [9.17, 15) is 14.7 Å². The van der Waals surface area contributed by atoms with Crippen molar-refractivity contribution in [2.24, 2.45) is 0 Å². The summed E-state index contributed by atoms with van der Waals surface area (Å²) in [6, 6.07) is 13.4. The molecule has 1 atom stereocenters. The number of carbonyl (C=O) groups excluding carboxylic acids is 1. The van der Waals surface area contributed by atoms with Crippen LogP contribution in [0.1, 0.15) is 15.9 Å². The third-order valence-electron chi connectivity index (χ3n) is 3.57. The second-order valence-corrected chi connectivity index (χ2v) is 5.78. The predicted molar refractivity (Wildman–Crippen MR) is 82.5 cm³/mol. The number of rotatable bonds is 2. The van der Waals surface area contributed by atoms with E-state index in [1.807, 2.05) is 18.2 Å². The molecule has 0 spiro atoms. The molecule has 1 unspecified atom stereocenters. The molecule has 3 rings (SSSR count). The van der Waals surface area contributed by atoms with Crippen LogP contribution in [-0.2, 0) is 11.2 Å². The summed E-state index contributed by atoms with van der Waals surface area (Å²) in [5.74, 6) is -1.28. The van der Waals surface area contributed by atoms with Gasteiger partial charge in [0.15, 0.2) is 0 Å². The Morgan fingerprint density at radius 1 is 1.10 bits per heavy atom. The van der Waals surface area contributed by atoms with Gasteiger partial charge in [-0.1, -0.05) is 34.1 Å². The highest BCUT2D eigenvalue weighted by Gasteiger charge is 2.38. The molecule has 5 heteroatoms. The van der Waals surface area contributed by atoms with Gasteiger partial charge in [0.25, 0.3) is 5.91 Å². The van der Waals surface area contributed by atoms with E-state index in [1.165, 1.54) is 4.90 Å². The molecule has 106 valence electrons. The lowest BCUT2D eigenvalue weighted by Crippen LogP contribution is -2.42. The maximum atomic E-state index is 12.7. The van der Waals surface area contributed by atoms with Crippen LogP contribution < -0.4 is 4.90 Å². The first-order valence-electron chi connectivity index (χ1n) is 6.48. The summed E-state index contributed by atoms with van der Waals surface area (Å²) in [6.45, 7) is 0. The molecule has 0 aliphatic carbocycles. The fraction of sp³-hybridized carbons (Fsp3) is 0.125. The third kappa shape index (κ3) is 2.45. The molecule has 0 aromatic heterocycles. The predicted octanol–water partition coefficient (Wildman–Crippen LogP) is 3.11. The smallest absolute Gasteiger partial charge is 0.327 e. The lowest BCUT2D eigenvalue weighted by molar-refractivity contribution is -0.138. The van der Waals surface area contributed by atoms with E-state index in [-0.39, 0.29) is 5.91 Å². The number of nitrogens with zero attached hydrogens (tertiary/aromatic N) is 1. The number of halogens is 1. The Hall–Kier alpha value is -2.14. The van der Waals surface area contributed by atoms with Gasteiger partial charge in [-0.3, -0.25) is 9.69 Å². The second kappa shape index (κ2) is 5.33. The molecule has 21 heavy (non-hydrogen) atoms. The monoisotopic (exact) mass is 345 g/mol. The van der Waals surface area contributed by atoms with E-state index < -0.39 is 12.0 Å². The first-order chi connectivity index (χ1) is 10.1. The number of hydrogen-bond donors (Lipinski definition) is 1. The average Bonchev–Trinajstić information content (AvgIpc) is 2.87. The van der Waals surface area contributed by atoms with Gasteiger partial charge in [-0.2, -0.15) is 0 Å². The van der Waals surface area contributed by atoms with Gasteiger partial charge in [-0.15, -0.1) is 0 Å². The van der Waals surface area contributed by atoms with Crippen LogP contribution in [0.2, 0.25) is 0 Å². The van der Waals surface area contributed by atoms with Gasteiger partial charge in [-0.05, 0) is 35.9 Å². The summed E-state index contributed by atoms with van der Waals surface area (Å²) >= 11 is 3.32. The van der Waals surface area contributed by atoms with Crippen LogP contribution in [0.4, 0.5) is 5.69 Å². The van der Waals surface area contributed by atoms with Gasteiger partial charge >= 0.3 is 5.97 Å². The van der Waals surface area contributed by atoms with Crippen molar-refractivity contribution in [3.63, 3.8) is 0 Å². The lowest BCUT2D eigenvalue weighted by Gasteiger charge is -2.22. The fourth-order valence-electron chi connectivity index (χ4n) is 2.57. The number of hydrogen-bond acceptors (Lipinski definition) is 2. The van der Waals surface area contributed by atoms with Crippen molar-refractivity contribution in [1.29, 1.82) is 0 Å². The first-order valence-corrected chi connectivity index (χ1v) is 7.27. The molecule has 1 heterocycles. The number of aliphatic carboxylic acids is 1. The molecule has 0 bridgehead atoms. The molecular formula is C16H12BrNO3. The Labute approximate surface area is 130 Å². The normalized spacial score (nSPS) is 16.6. The number of para-hydroxylation sites is 1. The Balaban J connectivity index is 2.03. The second-order valence-electron chi connectivity index (χ2n) is 4.87. The number of carboxylic acid groups (broad SMARTS) is 1. The minimum absolute atomic E-state index is 0.292. The molecule has 0 radical (unpaired) electrons. The van der Waals surface area contributed by atoms with Gasteiger partial charge in [0, 0.05) is 22.1 Å².